The number of thioether (sulfide) groups is 1. The third kappa shape index (κ3) is 13.5. The number of rotatable bonds is 25. The molecule has 294 valence electrons. The zero-order valence-corrected chi connectivity index (χ0v) is 31.9. The lowest BCUT2D eigenvalue weighted by molar-refractivity contribution is -0.172. The van der Waals surface area contributed by atoms with Gasteiger partial charge in [-0.15, -0.1) is 0 Å². The molecule has 1 fully saturated rings. The number of Topliss-reactive ketones (excluding diaryl/α,β-unsaturated/α-hetero) is 1. The molecule has 1 saturated heterocycles. The number of nitrogens with one attached hydrogen (secondary N) is 2. The molecule has 0 bridgehead atoms. The molecule has 14 nitrogen and oxygen atoms in total. The van der Waals surface area contributed by atoms with Gasteiger partial charge in [0.1, 0.15) is 19.0 Å². The maximum Gasteiger partial charge on any atom is 0.330 e. The number of benzene rings is 1. The Morgan fingerprint density at radius 3 is 2.00 bits per heavy atom. The summed E-state index contributed by atoms with van der Waals surface area (Å²) in [4.78, 5) is 86.6. The predicted octanol–water partition coefficient (Wildman–Crippen LogP) is 6.38. The van der Waals surface area contributed by atoms with Crippen LogP contribution >= 0.6 is 11.8 Å². The van der Waals surface area contributed by atoms with Gasteiger partial charge in [-0.25, -0.2) is 4.79 Å². The summed E-state index contributed by atoms with van der Waals surface area (Å²) >= 11 is 0.939. The van der Waals surface area contributed by atoms with Gasteiger partial charge in [0.05, 0.1) is 22.2 Å². The third-order valence-electron chi connectivity index (χ3n) is 10.0. The number of phenolic OH excluding ortho intramolecular Hbond substituents is 2. The second-order valence-electron chi connectivity index (χ2n) is 13.5. The van der Waals surface area contributed by atoms with Crippen molar-refractivity contribution in [3.63, 3.8) is 0 Å². The number of ketones is 1. The van der Waals surface area contributed by atoms with Crippen molar-refractivity contribution in [2.45, 2.75) is 124 Å². The smallest absolute Gasteiger partial charge is 0.330 e. The highest BCUT2D eigenvalue weighted by molar-refractivity contribution is 8.18. The number of phenols is 2. The molecule has 1 heterocycles. The van der Waals surface area contributed by atoms with Crippen LogP contribution in [-0.4, -0.2) is 69.3 Å². The van der Waals surface area contributed by atoms with Crippen molar-refractivity contribution < 1.29 is 58.4 Å². The molecule has 1 aliphatic heterocycles. The fraction of sp³-hybridized carbons (Fsp3) is 0.605. The molecular formula is C38H54N2O12S. The van der Waals surface area contributed by atoms with Crippen molar-refractivity contribution in [3.05, 3.63) is 34.7 Å². The summed E-state index contributed by atoms with van der Waals surface area (Å²) in [5.41, 5.74) is -2.81. The summed E-state index contributed by atoms with van der Waals surface area (Å²) in [7, 11) is 0. The standard InChI is InChI=1S/C38H54N2O12S/c1-5-37(3,34(48)39-31(33(46)47)25-18-20-27(42)28(43)24-25)38(4,6-2)35(49)52-23-22-51-30(44)21-19-26(41)16-14-12-10-8-7-9-11-13-15-17-29-32(45)40-36(50)53-29/h17-18,20,24,31,42-43H,5-16,19,21-23H2,1-4H3,(H,39,48)(H,46,47)(H,40,45,50)/b29-17-. The van der Waals surface area contributed by atoms with Crippen molar-refractivity contribution in [1.82, 2.24) is 10.6 Å². The van der Waals surface area contributed by atoms with Gasteiger partial charge in [-0.1, -0.05) is 64.5 Å². The van der Waals surface area contributed by atoms with E-state index in [4.69, 9.17) is 9.47 Å². The number of carboxylic acid groups (broad SMARTS) is 1. The van der Waals surface area contributed by atoms with Crippen molar-refractivity contribution in [2.75, 3.05) is 13.2 Å². The largest absolute Gasteiger partial charge is 0.504 e. The maximum absolute atomic E-state index is 13.6. The molecule has 1 aliphatic rings. The lowest BCUT2D eigenvalue weighted by Gasteiger charge is -2.42. The van der Waals surface area contributed by atoms with Gasteiger partial charge in [0.2, 0.25) is 5.91 Å². The van der Waals surface area contributed by atoms with Crippen LogP contribution in [0.15, 0.2) is 29.2 Å². The molecule has 53 heavy (non-hydrogen) atoms. The van der Waals surface area contributed by atoms with Crippen LogP contribution in [0.5, 0.6) is 11.5 Å². The molecule has 2 rings (SSSR count). The first kappa shape index (κ1) is 44.8. The number of ether oxygens (including phenoxy) is 2. The van der Waals surface area contributed by atoms with Gasteiger partial charge in [0, 0.05) is 12.8 Å². The normalized spacial score (nSPS) is 16.3. The summed E-state index contributed by atoms with van der Waals surface area (Å²) in [5.74, 6) is -4.82. The number of aromatic hydroxyl groups is 2. The van der Waals surface area contributed by atoms with E-state index in [0.717, 1.165) is 81.7 Å². The molecule has 1 aromatic rings. The molecule has 0 spiro atoms. The van der Waals surface area contributed by atoms with Gasteiger partial charge in [0.15, 0.2) is 17.5 Å². The van der Waals surface area contributed by atoms with Crippen molar-refractivity contribution in [1.29, 1.82) is 0 Å². The number of esters is 2. The zero-order chi connectivity index (χ0) is 39.6. The maximum atomic E-state index is 13.6. The Hall–Kier alpha value is -4.40. The number of unbranched alkanes of at least 4 members (excludes halogenated alkanes) is 8. The van der Waals surface area contributed by atoms with Crippen molar-refractivity contribution >= 4 is 52.5 Å². The van der Waals surface area contributed by atoms with E-state index in [1.807, 2.05) is 6.08 Å². The Labute approximate surface area is 314 Å². The summed E-state index contributed by atoms with van der Waals surface area (Å²) in [6.45, 7) is 5.94. The minimum absolute atomic E-state index is 0.0165. The number of allylic oxidation sites excluding steroid dienone is 1. The number of carbonyl (C=O) groups excluding carboxylic acids is 6. The van der Waals surface area contributed by atoms with Crippen LogP contribution in [0, 0.1) is 10.8 Å². The monoisotopic (exact) mass is 762 g/mol. The van der Waals surface area contributed by atoms with Gasteiger partial charge in [-0.05, 0) is 75.4 Å². The molecule has 0 radical (unpaired) electrons. The molecule has 1 aromatic carbocycles. The molecule has 15 heteroatoms. The van der Waals surface area contributed by atoms with Crippen molar-refractivity contribution in [3.8, 4) is 11.5 Å². The van der Waals surface area contributed by atoms with Crippen LogP contribution in [0.25, 0.3) is 0 Å². The lowest BCUT2D eigenvalue weighted by Crippen LogP contribution is -2.54. The molecular weight excluding hydrogens is 708 g/mol. The van der Waals surface area contributed by atoms with Crippen LogP contribution in [0.4, 0.5) is 4.79 Å². The fourth-order valence-electron chi connectivity index (χ4n) is 5.97. The molecule has 3 atom stereocenters. The Bertz CT molecular complexity index is 1510. The quantitative estimate of drug-likeness (QED) is 0.0316. The summed E-state index contributed by atoms with van der Waals surface area (Å²) in [6, 6.07) is 1.82. The number of amides is 3. The van der Waals surface area contributed by atoms with E-state index in [0.29, 0.717) is 11.3 Å². The second kappa shape index (κ2) is 22.0. The van der Waals surface area contributed by atoms with Crippen LogP contribution in [0.3, 0.4) is 0 Å². The van der Waals surface area contributed by atoms with E-state index >= 15 is 0 Å². The van der Waals surface area contributed by atoms with E-state index in [2.05, 4.69) is 10.6 Å². The minimum atomic E-state index is -1.57. The topological polar surface area (TPSA) is 223 Å². The average molecular weight is 763 g/mol. The molecule has 3 unspecified atom stereocenters. The molecule has 0 aliphatic carbocycles. The first-order valence-corrected chi connectivity index (χ1v) is 19.0. The van der Waals surface area contributed by atoms with Gasteiger partial charge >= 0.3 is 17.9 Å². The summed E-state index contributed by atoms with van der Waals surface area (Å²) in [5, 5.41) is 33.6. The lowest BCUT2D eigenvalue weighted by atomic mass is 9.61. The molecule has 0 saturated carbocycles. The SMILES string of the molecule is CCC(C)(C(=O)NC(C(=O)O)c1ccc(O)c(O)c1)C(C)(CC)C(=O)OCCOC(=O)CCC(=O)CCCCCCCCCC/C=C1\SC(=O)NC1=O. The molecule has 0 aromatic heterocycles. The van der Waals surface area contributed by atoms with Gasteiger partial charge < -0.3 is 30.1 Å². The number of carboxylic acids is 1. The Balaban J connectivity index is 1.66. The number of carbonyl (C=O) groups is 7. The third-order valence-corrected chi connectivity index (χ3v) is 10.9. The van der Waals surface area contributed by atoms with E-state index in [1.165, 1.54) is 13.0 Å². The predicted molar refractivity (Wildman–Crippen MR) is 197 cm³/mol. The molecule has 3 amide bonds. The average Bonchev–Trinajstić information content (AvgIpc) is 3.45. The van der Waals surface area contributed by atoms with Gasteiger partial charge in [-0.3, -0.25) is 34.1 Å². The Morgan fingerprint density at radius 1 is 0.830 bits per heavy atom. The van der Waals surface area contributed by atoms with Crippen LogP contribution in [0.1, 0.15) is 129 Å². The highest BCUT2D eigenvalue weighted by atomic mass is 32.2. The Morgan fingerprint density at radius 2 is 1.43 bits per heavy atom. The molecule has 5 N–H and O–H groups in total. The van der Waals surface area contributed by atoms with Crippen LogP contribution < -0.4 is 10.6 Å². The van der Waals surface area contributed by atoms with E-state index in [-0.39, 0.29) is 61.4 Å². The highest BCUT2D eigenvalue weighted by Crippen LogP contribution is 2.46. The van der Waals surface area contributed by atoms with E-state index in [9.17, 15) is 48.9 Å². The van der Waals surface area contributed by atoms with E-state index < -0.39 is 52.2 Å². The number of imide groups is 1. The number of hydrogen-bond donors (Lipinski definition) is 5. The fourth-order valence-corrected chi connectivity index (χ4v) is 6.66. The van der Waals surface area contributed by atoms with E-state index in [1.54, 1.807) is 20.8 Å². The summed E-state index contributed by atoms with van der Waals surface area (Å²) < 4.78 is 10.6. The zero-order valence-electron chi connectivity index (χ0n) is 31.1. The Kier molecular flexibility index (Phi) is 18.5. The van der Waals surface area contributed by atoms with Crippen LogP contribution in [-0.2, 0) is 38.2 Å². The second-order valence-corrected chi connectivity index (χ2v) is 14.6. The number of hydrogen-bond acceptors (Lipinski definition) is 12. The number of aliphatic carboxylic acids is 1. The highest BCUT2D eigenvalue weighted by Gasteiger charge is 2.54. The van der Waals surface area contributed by atoms with Gasteiger partial charge in [0.25, 0.3) is 11.1 Å². The van der Waals surface area contributed by atoms with Crippen LogP contribution in [0.2, 0.25) is 0 Å². The minimum Gasteiger partial charge on any atom is -0.504 e. The van der Waals surface area contributed by atoms with Crippen molar-refractivity contribution in [2.24, 2.45) is 10.8 Å². The first-order chi connectivity index (χ1) is 25.1. The first-order valence-electron chi connectivity index (χ1n) is 18.2. The summed E-state index contributed by atoms with van der Waals surface area (Å²) in [6.07, 6.45) is 11.2. The van der Waals surface area contributed by atoms with Gasteiger partial charge in [-0.2, -0.15) is 0 Å².